The van der Waals surface area contributed by atoms with Gasteiger partial charge in [-0.3, -0.25) is 4.79 Å². The molecule has 4 nitrogen and oxygen atoms in total. The number of hydrazone groups is 1. The summed E-state index contributed by atoms with van der Waals surface area (Å²) in [5.74, 6) is 0.322. The Bertz CT molecular complexity index is 667. The van der Waals surface area contributed by atoms with Crippen LogP contribution in [0.3, 0.4) is 0 Å². The van der Waals surface area contributed by atoms with Crippen LogP contribution in [0.2, 0.25) is 5.02 Å². The lowest BCUT2D eigenvalue weighted by atomic mass is 10.2. The Morgan fingerprint density at radius 3 is 2.86 bits per heavy atom. The average Bonchev–Trinajstić information content (AvgIpc) is 2.83. The van der Waals surface area contributed by atoms with Crippen LogP contribution in [0.5, 0.6) is 5.75 Å². The van der Waals surface area contributed by atoms with Gasteiger partial charge in [0, 0.05) is 9.90 Å². The van der Waals surface area contributed by atoms with Gasteiger partial charge >= 0.3 is 0 Å². The first-order valence-electron chi connectivity index (χ1n) is 6.31. The molecule has 0 aliphatic heterocycles. The average molecular weight is 323 g/mol. The second-order valence-electron chi connectivity index (χ2n) is 4.46. The van der Waals surface area contributed by atoms with Gasteiger partial charge in [-0.2, -0.15) is 5.10 Å². The number of thiophene rings is 1. The Balaban J connectivity index is 1.82. The molecule has 1 amide bonds. The number of ether oxygens (including phenoxy) is 1. The third-order valence-corrected chi connectivity index (χ3v) is 3.96. The molecule has 0 aliphatic carbocycles. The highest BCUT2D eigenvalue weighted by molar-refractivity contribution is 7.11. The van der Waals surface area contributed by atoms with Crippen molar-refractivity contribution in [3.05, 3.63) is 50.7 Å². The molecule has 2 rings (SSSR count). The molecule has 1 aromatic heterocycles. The van der Waals surface area contributed by atoms with E-state index in [1.165, 1.54) is 0 Å². The number of carbonyl (C=O) groups is 1. The molecule has 2 aromatic rings. The predicted octanol–water partition coefficient (Wildman–Crippen LogP) is 3.55. The van der Waals surface area contributed by atoms with Gasteiger partial charge in [0.05, 0.1) is 6.21 Å². The van der Waals surface area contributed by atoms with Crippen molar-refractivity contribution in [3.63, 3.8) is 0 Å². The van der Waals surface area contributed by atoms with Crippen LogP contribution in [0, 0.1) is 13.8 Å². The lowest BCUT2D eigenvalue weighted by molar-refractivity contribution is -0.123. The molecular weight excluding hydrogens is 308 g/mol. The Kier molecular flexibility index (Phi) is 5.36. The summed E-state index contributed by atoms with van der Waals surface area (Å²) in [6.07, 6.45) is 1.63. The fourth-order valence-electron chi connectivity index (χ4n) is 1.63. The van der Waals surface area contributed by atoms with Crippen molar-refractivity contribution < 1.29 is 9.53 Å². The Hall–Kier alpha value is -1.85. The maximum absolute atomic E-state index is 11.6. The van der Waals surface area contributed by atoms with Crippen molar-refractivity contribution in [2.24, 2.45) is 5.10 Å². The molecule has 0 radical (unpaired) electrons. The molecule has 6 heteroatoms. The molecule has 0 saturated carbocycles. The van der Waals surface area contributed by atoms with Crippen molar-refractivity contribution in [1.29, 1.82) is 0 Å². The van der Waals surface area contributed by atoms with E-state index in [1.54, 1.807) is 35.8 Å². The second-order valence-corrected chi connectivity index (χ2v) is 5.84. The molecule has 1 aromatic carbocycles. The number of rotatable bonds is 5. The zero-order chi connectivity index (χ0) is 15.2. The van der Waals surface area contributed by atoms with Gasteiger partial charge in [0.1, 0.15) is 5.75 Å². The van der Waals surface area contributed by atoms with E-state index in [0.717, 1.165) is 16.0 Å². The molecule has 21 heavy (non-hydrogen) atoms. The molecule has 0 fully saturated rings. The van der Waals surface area contributed by atoms with E-state index in [1.807, 2.05) is 25.3 Å². The van der Waals surface area contributed by atoms with Crippen molar-refractivity contribution in [1.82, 2.24) is 5.43 Å². The van der Waals surface area contributed by atoms with E-state index in [9.17, 15) is 4.79 Å². The smallest absolute Gasteiger partial charge is 0.277 e. The van der Waals surface area contributed by atoms with Gasteiger partial charge in [-0.05, 0) is 54.6 Å². The molecule has 0 aliphatic rings. The van der Waals surface area contributed by atoms with Gasteiger partial charge in [-0.15, -0.1) is 11.3 Å². The number of nitrogens with one attached hydrogen (secondary N) is 1. The maximum atomic E-state index is 11.6. The van der Waals surface area contributed by atoms with Crippen molar-refractivity contribution in [2.45, 2.75) is 13.8 Å². The lowest BCUT2D eigenvalue weighted by Gasteiger charge is -2.08. The second kappa shape index (κ2) is 7.24. The highest BCUT2D eigenvalue weighted by atomic mass is 35.5. The van der Waals surface area contributed by atoms with Crippen LogP contribution < -0.4 is 10.2 Å². The number of hydrogen-bond acceptors (Lipinski definition) is 4. The van der Waals surface area contributed by atoms with Crippen LogP contribution in [0.1, 0.15) is 16.0 Å². The number of aryl methyl sites for hydroxylation is 2. The Morgan fingerprint density at radius 2 is 2.19 bits per heavy atom. The summed E-state index contributed by atoms with van der Waals surface area (Å²) in [7, 11) is 0. The summed E-state index contributed by atoms with van der Waals surface area (Å²) in [4.78, 5) is 12.7. The minimum atomic E-state index is -0.310. The zero-order valence-corrected chi connectivity index (χ0v) is 13.3. The lowest BCUT2D eigenvalue weighted by Crippen LogP contribution is -2.24. The topological polar surface area (TPSA) is 50.7 Å². The molecule has 0 unspecified atom stereocenters. The summed E-state index contributed by atoms with van der Waals surface area (Å²) < 4.78 is 5.42. The zero-order valence-electron chi connectivity index (χ0n) is 11.7. The largest absolute Gasteiger partial charge is 0.483 e. The molecule has 0 spiro atoms. The van der Waals surface area contributed by atoms with Crippen LogP contribution in [0.4, 0.5) is 0 Å². The molecule has 1 heterocycles. The van der Waals surface area contributed by atoms with Crippen molar-refractivity contribution in [3.8, 4) is 5.75 Å². The molecule has 110 valence electrons. The third-order valence-electron chi connectivity index (χ3n) is 2.77. The molecule has 0 saturated heterocycles. The highest BCUT2D eigenvalue weighted by Crippen LogP contribution is 2.21. The normalized spacial score (nSPS) is 10.8. The third kappa shape index (κ3) is 4.58. The molecule has 1 N–H and O–H groups in total. The number of nitrogens with zero attached hydrogens (tertiary/aromatic N) is 1. The van der Waals surface area contributed by atoms with Crippen molar-refractivity contribution in [2.75, 3.05) is 6.61 Å². The van der Waals surface area contributed by atoms with E-state index in [4.69, 9.17) is 16.3 Å². The van der Waals surface area contributed by atoms with Crippen LogP contribution in [0.15, 0.2) is 34.7 Å². The minimum absolute atomic E-state index is 0.0940. The fourth-order valence-corrected chi connectivity index (χ4v) is 2.64. The van der Waals surface area contributed by atoms with Gasteiger partial charge in [0.2, 0.25) is 0 Å². The van der Waals surface area contributed by atoms with Crippen LogP contribution in [-0.4, -0.2) is 18.7 Å². The van der Waals surface area contributed by atoms with Gasteiger partial charge in [0.25, 0.3) is 5.91 Å². The SMILES string of the molecule is Cc1cc(Cl)ccc1OCC(=O)N/N=C\c1sccc1C. The quantitative estimate of drug-likeness (QED) is 0.676. The molecule has 0 atom stereocenters. The van der Waals surface area contributed by atoms with Gasteiger partial charge in [0.15, 0.2) is 6.61 Å². The highest BCUT2D eigenvalue weighted by Gasteiger charge is 2.04. The van der Waals surface area contributed by atoms with E-state index < -0.39 is 0 Å². The van der Waals surface area contributed by atoms with E-state index in [0.29, 0.717) is 10.8 Å². The Morgan fingerprint density at radius 1 is 1.38 bits per heavy atom. The van der Waals surface area contributed by atoms with Gasteiger partial charge in [-0.25, -0.2) is 5.43 Å². The van der Waals surface area contributed by atoms with Crippen LogP contribution >= 0.6 is 22.9 Å². The van der Waals surface area contributed by atoms with E-state index in [2.05, 4.69) is 10.5 Å². The fraction of sp³-hybridized carbons (Fsp3) is 0.200. The van der Waals surface area contributed by atoms with E-state index in [-0.39, 0.29) is 12.5 Å². The summed E-state index contributed by atoms with van der Waals surface area (Å²) in [6.45, 7) is 3.77. The minimum Gasteiger partial charge on any atom is -0.483 e. The predicted molar refractivity (Wildman–Crippen MR) is 86.5 cm³/mol. The number of carbonyl (C=O) groups excluding carboxylic acids is 1. The maximum Gasteiger partial charge on any atom is 0.277 e. The standard InChI is InChI=1S/C15H15ClN2O2S/c1-10-5-6-21-14(10)8-17-18-15(19)9-20-13-4-3-12(16)7-11(13)2/h3-8H,9H2,1-2H3,(H,18,19)/b17-8-. The Labute approximate surface area is 132 Å². The first kappa shape index (κ1) is 15.5. The summed E-state index contributed by atoms with van der Waals surface area (Å²) >= 11 is 7.43. The molecular formula is C15H15ClN2O2S. The van der Waals surface area contributed by atoms with Crippen molar-refractivity contribution >= 4 is 35.1 Å². The number of benzene rings is 1. The number of hydrogen-bond donors (Lipinski definition) is 1. The van der Waals surface area contributed by atoms with Crippen LogP contribution in [-0.2, 0) is 4.79 Å². The number of amides is 1. The van der Waals surface area contributed by atoms with Gasteiger partial charge in [-0.1, -0.05) is 11.6 Å². The molecule has 0 bridgehead atoms. The summed E-state index contributed by atoms with van der Waals surface area (Å²) in [6, 6.07) is 7.25. The first-order chi connectivity index (χ1) is 10.1. The number of halogens is 1. The monoisotopic (exact) mass is 322 g/mol. The van der Waals surface area contributed by atoms with E-state index >= 15 is 0 Å². The van der Waals surface area contributed by atoms with Crippen LogP contribution in [0.25, 0.3) is 0 Å². The summed E-state index contributed by atoms with van der Waals surface area (Å²) in [5, 5.41) is 6.52. The van der Waals surface area contributed by atoms with Gasteiger partial charge < -0.3 is 4.74 Å². The first-order valence-corrected chi connectivity index (χ1v) is 7.57. The summed E-state index contributed by atoms with van der Waals surface area (Å²) in [5.41, 5.74) is 4.45.